The van der Waals surface area contributed by atoms with Crippen molar-refractivity contribution in [3.63, 3.8) is 0 Å². The first-order chi connectivity index (χ1) is 9.09. The van der Waals surface area contributed by atoms with E-state index < -0.39 is 10.0 Å². The molecular formula is C11H10N4O3S. The Labute approximate surface area is 109 Å². The topological polar surface area (TPSA) is 98.4 Å². The van der Waals surface area contributed by atoms with E-state index in [-0.39, 0.29) is 10.6 Å². The van der Waals surface area contributed by atoms with Gasteiger partial charge in [0.05, 0.1) is 11.1 Å². The van der Waals surface area contributed by atoms with Gasteiger partial charge in [-0.15, -0.1) is 0 Å². The van der Waals surface area contributed by atoms with Gasteiger partial charge in [-0.1, -0.05) is 18.2 Å². The lowest BCUT2D eigenvalue weighted by Crippen LogP contribution is -2.35. The van der Waals surface area contributed by atoms with Gasteiger partial charge in [0.15, 0.2) is 0 Å². The van der Waals surface area contributed by atoms with Gasteiger partial charge >= 0.3 is 0 Å². The van der Waals surface area contributed by atoms with E-state index in [1.165, 1.54) is 24.4 Å². The monoisotopic (exact) mass is 278 g/mol. The SMILES string of the molecule is O=S(=O)(N/N=C/c1cccn[n+]1[O-])c1ccccc1. The third kappa shape index (κ3) is 3.26. The molecule has 2 aromatic rings. The van der Waals surface area contributed by atoms with Crippen molar-refractivity contribution in [3.8, 4) is 0 Å². The highest BCUT2D eigenvalue weighted by molar-refractivity contribution is 7.89. The van der Waals surface area contributed by atoms with E-state index >= 15 is 0 Å². The summed E-state index contributed by atoms with van der Waals surface area (Å²) in [7, 11) is -3.72. The molecule has 2 rings (SSSR count). The summed E-state index contributed by atoms with van der Waals surface area (Å²) >= 11 is 0. The van der Waals surface area contributed by atoms with E-state index in [1.807, 2.05) is 4.83 Å². The molecule has 1 heterocycles. The highest BCUT2D eigenvalue weighted by Crippen LogP contribution is 2.06. The number of hydrogen-bond acceptors (Lipinski definition) is 5. The van der Waals surface area contributed by atoms with Crippen LogP contribution in [0.5, 0.6) is 0 Å². The number of aromatic nitrogens is 2. The van der Waals surface area contributed by atoms with E-state index in [2.05, 4.69) is 10.2 Å². The molecule has 0 bridgehead atoms. The van der Waals surface area contributed by atoms with Crippen molar-refractivity contribution in [1.82, 2.24) is 9.93 Å². The van der Waals surface area contributed by atoms with Crippen LogP contribution < -0.4 is 9.68 Å². The Balaban J connectivity index is 2.13. The average Bonchev–Trinajstić information content (AvgIpc) is 2.42. The Bertz CT molecular complexity index is 686. The molecule has 98 valence electrons. The summed E-state index contributed by atoms with van der Waals surface area (Å²) in [5, 5.41) is 18.2. The zero-order valence-electron chi connectivity index (χ0n) is 9.67. The van der Waals surface area contributed by atoms with E-state index in [1.54, 1.807) is 24.3 Å². The van der Waals surface area contributed by atoms with Crippen LogP contribution in [0.15, 0.2) is 58.7 Å². The maximum Gasteiger partial charge on any atom is 0.276 e. The highest BCUT2D eigenvalue weighted by Gasteiger charge is 2.11. The molecule has 7 nitrogen and oxygen atoms in total. The maximum atomic E-state index is 11.8. The molecule has 1 aromatic carbocycles. The van der Waals surface area contributed by atoms with Gasteiger partial charge in [0.2, 0.25) is 0 Å². The van der Waals surface area contributed by atoms with Crippen LogP contribution in [0.4, 0.5) is 0 Å². The Hall–Kier alpha value is -2.48. The van der Waals surface area contributed by atoms with Crippen molar-refractivity contribution in [3.05, 3.63) is 59.6 Å². The second kappa shape index (κ2) is 5.44. The Morgan fingerprint density at radius 3 is 2.63 bits per heavy atom. The quantitative estimate of drug-likeness (QED) is 0.369. The van der Waals surface area contributed by atoms with Crippen molar-refractivity contribution in [2.45, 2.75) is 4.90 Å². The average molecular weight is 278 g/mol. The van der Waals surface area contributed by atoms with Gasteiger partial charge in [-0.05, 0) is 23.0 Å². The molecule has 0 aliphatic heterocycles. The van der Waals surface area contributed by atoms with Gasteiger partial charge in [-0.25, -0.2) is 0 Å². The molecule has 8 heteroatoms. The van der Waals surface area contributed by atoms with Crippen LogP contribution >= 0.6 is 0 Å². The molecule has 1 aromatic heterocycles. The Morgan fingerprint density at radius 2 is 1.95 bits per heavy atom. The number of nitrogens with zero attached hydrogens (tertiary/aromatic N) is 3. The fourth-order valence-corrected chi connectivity index (χ4v) is 2.09. The Kier molecular flexibility index (Phi) is 3.71. The molecule has 0 aliphatic carbocycles. The molecule has 0 unspecified atom stereocenters. The number of hydrogen-bond donors (Lipinski definition) is 1. The molecule has 0 saturated heterocycles. The van der Waals surface area contributed by atoms with E-state index in [4.69, 9.17) is 0 Å². The van der Waals surface area contributed by atoms with Crippen LogP contribution in [0.25, 0.3) is 0 Å². The first-order valence-corrected chi connectivity index (χ1v) is 6.73. The molecular weight excluding hydrogens is 268 g/mol. The van der Waals surface area contributed by atoms with Gasteiger partial charge in [0, 0.05) is 11.2 Å². The van der Waals surface area contributed by atoms with Crippen LogP contribution in [0.3, 0.4) is 0 Å². The van der Waals surface area contributed by atoms with Crippen LogP contribution in [-0.4, -0.2) is 19.7 Å². The summed E-state index contributed by atoms with van der Waals surface area (Å²) < 4.78 is 23.6. The minimum Gasteiger partial charge on any atom is -0.594 e. The molecule has 0 spiro atoms. The largest absolute Gasteiger partial charge is 0.594 e. The maximum absolute atomic E-state index is 11.8. The summed E-state index contributed by atoms with van der Waals surface area (Å²) in [5.74, 6) is 0. The molecule has 1 N–H and O–H groups in total. The number of nitrogens with one attached hydrogen (secondary N) is 1. The molecule has 0 fully saturated rings. The Morgan fingerprint density at radius 1 is 1.21 bits per heavy atom. The number of benzene rings is 1. The van der Waals surface area contributed by atoms with E-state index in [0.717, 1.165) is 6.21 Å². The molecule has 0 radical (unpaired) electrons. The predicted octanol–water partition coefficient (Wildman–Crippen LogP) is 0.0274. The molecule has 0 aliphatic rings. The van der Waals surface area contributed by atoms with Gasteiger partial charge < -0.3 is 5.21 Å². The van der Waals surface area contributed by atoms with Gasteiger partial charge in [-0.3, -0.25) is 0 Å². The van der Waals surface area contributed by atoms with Crippen molar-refractivity contribution in [2.75, 3.05) is 0 Å². The predicted molar refractivity (Wildman–Crippen MR) is 67.6 cm³/mol. The van der Waals surface area contributed by atoms with Crippen molar-refractivity contribution in [1.29, 1.82) is 0 Å². The lowest BCUT2D eigenvalue weighted by molar-refractivity contribution is -0.670. The van der Waals surface area contributed by atoms with E-state index in [9.17, 15) is 13.6 Å². The van der Waals surface area contributed by atoms with Crippen molar-refractivity contribution in [2.24, 2.45) is 5.10 Å². The summed E-state index contributed by atoms with van der Waals surface area (Å²) in [6.07, 6.45) is 2.40. The second-order valence-corrected chi connectivity index (χ2v) is 5.15. The highest BCUT2D eigenvalue weighted by atomic mass is 32.2. The zero-order chi connectivity index (χ0) is 13.7. The number of sulfonamides is 1. The lowest BCUT2D eigenvalue weighted by atomic mass is 10.4. The fourth-order valence-electron chi connectivity index (χ4n) is 1.28. The van der Waals surface area contributed by atoms with Crippen LogP contribution in [-0.2, 0) is 10.0 Å². The third-order valence-corrected chi connectivity index (χ3v) is 3.41. The molecule has 19 heavy (non-hydrogen) atoms. The van der Waals surface area contributed by atoms with Crippen molar-refractivity contribution >= 4 is 16.2 Å². The lowest BCUT2D eigenvalue weighted by Gasteiger charge is -2.02. The minimum atomic E-state index is -3.72. The van der Waals surface area contributed by atoms with Gasteiger partial charge in [0.25, 0.3) is 15.7 Å². The molecule has 0 atom stereocenters. The first-order valence-electron chi connectivity index (χ1n) is 5.24. The summed E-state index contributed by atoms with van der Waals surface area (Å²) in [5.41, 5.74) is 0.123. The van der Waals surface area contributed by atoms with Gasteiger partial charge in [-0.2, -0.15) is 18.4 Å². The van der Waals surface area contributed by atoms with Crippen LogP contribution in [0.1, 0.15) is 5.69 Å². The van der Waals surface area contributed by atoms with Crippen molar-refractivity contribution < 1.29 is 13.3 Å². The van der Waals surface area contributed by atoms with Gasteiger partial charge in [0.1, 0.15) is 6.21 Å². The fraction of sp³-hybridized carbons (Fsp3) is 0. The third-order valence-electron chi connectivity index (χ3n) is 2.17. The number of rotatable bonds is 4. The summed E-state index contributed by atoms with van der Waals surface area (Å²) in [4.78, 5) is 2.44. The smallest absolute Gasteiger partial charge is 0.276 e. The second-order valence-electron chi connectivity index (χ2n) is 3.49. The molecule has 0 amide bonds. The standard InChI is InChI=1S/C11H10N4O3S/c16-15-10(5-4-8-13-15)9-12-14-19(17,18)11-6-2-1-3-7-11/h1-9,14H/b12-9+. The summed E-state index contributed by atoms with van der Waals surface area (Å²) in [6, 6.07) is 10.8. The minimum absolute atomic E-state index is 0.0911. The first kappa shape index (κ1) is 13.0. The van der Waals surface area contributed by atoms with E-state index in [0.29, 0.717) is 4.85 Å². The summed E-state index contributed by atoms with van der Waals surface area (Å²) in [6.45, 7) is 0. The zero-order valence-corrected chi connectivity index (χ0v) is 10.5. The number of hydrazone groups is 1. The molecule has 0 saturated carbocycles. The normalized spacial score (nSPS) is 11.6. The van der Waals surface area contributed by atoms with Crippen LogP contribution in [0.2, 0.25) is 0 Å². The van der Waals surface area contributed by atoms with Crippen LogP contribution in [0, 0.1) is 5.21 Å².